The second kappa shape index (κ2) is 7.45. The minimum Gasteiger partial charge on any atom is -0.358 e. The van der Waals surface area contributed by atoms with Gasteiger partial charge in [0.05, 0.1) is 16.9 Å². The Bertz CT molecular complexity index is 775. The van der Waals surface area contributed by atoms with Crippen molar-refractivity contribution in [3.05, 3.63) is 35.4 Å². The summed E-state index contributed by atoms with van der Waals surface area (Å²) in [6.45, 7) is 0.626. The van der Waals surface area contributed by atoms with Gasteiger partial charge >= 0.3 is 0 Å². The highest BCUT2D eigenvalue weighted by molar-refractivity contribution is 7.92. The number of hydrogen-bond donors (Lipinski definition) is 1. The summed E-state index contributed by atoms with van der Waals surface area (Å²) in [4.78, 5) is 25.3. The van der Waals surface area contributed by atoms with Crippen LogP contribution in [0.4, 0.5) is 0 Å². The number of sulfone groups is 1. The molecule has 7 nitrogen and oxygen atoms in total. The molecule has 0 saturated carbocycles. The van der Waals surface area contributed by atoms with E-state index in [1.807, 2.05) is 6.07 Å². The van der Waals surface area contributed by atoms with E-state index in [-0.39, 0.29) is 5.91 Å². The van der Waals surface area contributed by atoms with Crippen LogP contribution in [0.2, 0.25) is 0 Å². The van der Waals surface area contributed by atoms with Crippen LogP contribution in [0.3, 0.4) is 0 Å². The molecule has 1 aliphatic heterocycles. The van der Waals surface area contributed by atoms with E-state index < -0.39 is 26.7 Å². The zero-order chi connectivity index (χ0) is 17.7. The molecule has 1 N–H and O–H groups in total. The minimum atomic E-state index is -3.51. The number of likely N-dealkylation sites (tertiary alicyclic amines) is 1. The monoisotopic (exact) mass is 349 g/mol. The number of rotatable bonds is 4. The molecule has 2 rings (SSSR count). The largest absolute Gasteiger partial charge is 0.358 e. The first kappa shape index (κ1) is 17.9. The number of benzene rings is 1. The van der Waals surface area contributed by atoms with Crippen molar-refractivity contribution in [2.75, 3.05) is 25.9 Å². The molecule has 0 atom stereocenters. The van der Waals surface area contributed by atoms with E-state index in [9.17, 15) is 18.0 Å². The molecular formula is C16H19N3O4S. The Morgan fingerprint density at radius 3 is 2.58 bits per heavy atom. The number of carbonyl (C=O) groups excluding carboxylic acids is 2. The van der Waals surface area contributed by atoms with E-state index in [4.69, 9.17) is 5.26 Å². The van der Waals surface area contributed by atoms with Gasteiger partial charge in [0, 0.05) is 25.7 Å². The Hall–Kier alpha value is -2.40. The standard InChI is InChI=1S/C16H19N3O4S/c1-18-15(20)11-24(22,23)14-5-7-19(8-6-14)16(21)13-4-2-3-12(9-13)10-17/h2-4,9,14H,5-8,11H2,1H3,(H,18,20). The molecule has 2 amide bonds. The average Bonchev–Trinajstić information content (AvgIpc) is 2.60. The summed E-state index contributed by atoms with van der Waals surface area (Å²) in [5, 5.41) is 10.6. The number of piperidine rings is 1. The third kappa shape index (κ3) is 4.11. The Labute approximate surface area is 141 Å². The van der Waals surface area contributed by atoms with E-state index in [0.29, 0.717) is 37.1 Å². The molecule has 1 aromatic rings. The summed E-state index contributed by atoms with van der Waals surface area (Å²) in [6.07, 6.45) is 0.617. The number of amides is 2. The lowest BCUT2D eigenvalue weighted by atomic mass is 10.1. The number of carbonyl (C=O) groups is 2. The zero-order valence-corrected chi connectivity index (χ0v) is 14.2. The molecule has 0 radical (unpaired) electrons. The van der Waals surface area contributed by atoms with Crippen molar-refractivity contribution >= 4 is 21.7 Å². The Morgan fingerprint density at radius 1 is 1.33 bits per heavy atom. The molecule has 1 saturated heterocycles. The van der Waals surface area contributed by atoms with E-state index >= 15 is 0 Å². The molecule has 128 valence electrons. The molecule has 0 aromatic heterocycles. The lowest BCUT2D eigenvalue weighted by molar-refractivity contribution is -0.118. The van der Waals surface area contributed by atoms with Gasteiger partial charge in [-0.05, 0) is 31.0 Å². The fraction of sp³-hybridized carbons (Fsp3) is 0.438. The van der Waals surface area contributed by atoms with Gasteiger partial charge in [0.25, 0.3) is 5.91 Å². The summed E-state index contributed by atoms with van der Waals surface area (Å²) >= 11 is 0. The van der Waals surface area contributed by atoms with Crippen LogP contribution < -0.4 is 5.32 Å². The Morgan fingerprint density at radius 2 is 2.00 bits per heavy atom. The quantitative estimate of drug-likeness (QED) is 0.842. The van der Waals surface area contributed by atoms with Crippen LogP contribution in [-0.4, -0.2) is 56.3 Å². The van der Waals surface area contributed by atoms with E-state index in [2.05, 4.69) is 5.32 Å². The summed E-state index contributed by atoms with van der Waals surface area (Å²) in [5.74, 6) is -1.26. The molecule has 1 fully saturated rings. The fourth-order valence-corrected chi connectivity index (χ4v) is 4.37. The lowest BCUT2D eigenvalue weighted by Crippen LogP contribution is -2.44. The van der Waals surface area contributed by atoms with Crippen LogP contribution in [0.25, 0.3) is 0 Å². The SMILES string of the molecule is CNC(=O)CS(=O)(=O)C1CCN(C(=O)c2cccc(C#N)c2)CC1. The van der Waals surface area contributed by atoms with Crippen LogP contribution in [0.15, 0.2) is 24.3 Å². The first-order valence-electron chi connectivity index (χ1n) is 7.59. The summed E-state index contributed by atoms with van der Waals surface area (Å²) in [7, 11) is -2.11. The topological polar surface area (TPSA) is 107 Å². The molecule has 0 aliphatic carbocycles. The predicted molar refractivity (Wildman–Crippen MR) is 87.9 cm³/mol. The van der Waals surface area contributed by atoms with E-state index in [0.717, 1.165) is 0 Å². The maximum absolute atomic E-state index is 12.5. The molecule has 1 heterocycles. The van der Waals surface area contributed by atoms with Crippen LogP contribution in [0.1, 0.15) is 28.8 Å². The summed E-state index contributed by atoms with van der Waals surface area (Å²) in [6, 6.07) is 8.41. The number of nitriles is 1. The third-order valence-electron chi connectivity index (χ3n) is 4.09. The van der Waals surface area contributed by atoms with Gasteiger partial charge in [-0.2, -0.15) is 5.26 Å². The molecule has 0 unspecified atom stereocenters. The van der Waals surface area contributed by atoms with Crippen molar-refractivity contribution in [1.29, 1.82) is 5.26 Å². The van der Waals surface area contributed by atoms with Gasteiger partial charge in [-0.15, -0.1) is 0 Å². The zero-order valence-electron chi connectivity index (χ0n) is 13.4. The van der Waals surface area contributed by atoms with Crippen molar-refractivity contribution in [3.8, 4) is 6.07 Å². The first-order chi connectivity index (χ1) is 11.4. The van der Waals surface area contributed by atoms with Gasteiger partial charge in [-0.25, -0.2) is 8.42 Å². The van der Waals surface area contributed by atoms with Crippen molar-refractivity contribution < 1.29 is 18.0 Å². The van der Waals surface area contributed by atoms with Crippen molar-refractivity contribution in [1.82, 2.24) is 10.2 Å². The van der Waals surface area contributed by atoms with E-state index in [1.165, 1.54) is 13.1 Å². The van der Waals surface area contributed by atoms with E-state index in [1.54, 1.807) is 23.1 Å². The molecule has 8 heteroatoms. The normalized spacial score (nSPS) is 15.6. The second-order valence-electron chi connectivity index (χ2n) is 5.66. The Balaban J connectivity index is 2.01. The second-order valence-corrected chi connectivity index (χ2v) is 7.95. The molecule has 1 aliphatic rings. The van der Waals surface area contributed by atoms with Gasteiger partial charge in [0.1, 0.15) is 5.75 Å². The molecule has 1 aromatic carbocycles. The van der Waals surface area contributed by atoms with Crippen LogP contribution in [0.5, 0.6) is 0 Å². The molecule has 24 heavy (non-hydrogen) atoms. The van der Waals surface area contributed by atoms with Gasteiger partial charge < -0.3 is 10.2 Å². The van der Waals surface area contributed by atoms with Crippen LogP contribution in [-0.2, 0) is 14.6 Å². The number of nitrogens with one attached hydrogen (secondary N) is 1. The number of nitrogens with zero attached hydrogens (tertiary/aromatic N) is 2. The highest BCUT2D eigenvalue weighted by Gasteiger charge is 2.33. The minimum absolute atomic E-state index is 0.214. The van der Waals surface area contributed by atoms with Crippen molar-refractivity contribution in [3.63, 3.8) is 0 Å². The predicted octanol–water partition coefficient (Wildman–Crippen LogP) is 0.324. The van der Waals surface area contributed by atoms with Crippen LogP contribution in [0, 0.1) is 11.3 Å². The van der Waals surface area contributed by atoms with Crippen molar-refractivity contribution in [2.24, 2.45) is 0 Å². The number of hydrogen-bond acceptors (Lipinski definition) is 5. The van der Waals surface area contributed by atoms with Gasteiger partial charge in [0.2, 0.25) is 5.91 Å². The average molecular weight is 349 g/mol. The van der Waals surface area contributed by atoms with Gasteiger partial charge in [-0.3, -0.25) is 9.59 Å². The maximum Gasteiger partial charge on any atom is 0.253 e. The Kier molecular flexibility index (Phi) is 5.57. The highest BCUT2D eigenvalue weighted by Crippen LogP contribution is 2.20. The first-order valence-corrected chi connectivity index (χ1v) is 9.30. The third-order valence-corrected chi connectivity index (χ3v) is 6.24. The summed E-state index contributed by atoms with van der Waals surface area (Å²) < 4.78 is 24.4. The highest BCUT2D eigenvalue weighted by atomic mass is 32.2. The molecule has 0 bridgehead atoms. The molecular weight excluding hydrogens is 330 g/mol. The van der Waals surface area contributed by atoms with Crippen molar-refractivity contribution in [2.45, 2.75) is 18.1 Å². The van der Waals surface area contributed by atoms with Crippen LogP contribution >= 0.6 is 0 Å². The van der Waals surface area contributed by atoms with Gasteiger partial charge in [-0.1, -0.05) is 6.07 Å². The van der Waals surface area contributed by atoms with Gasteiger partial charge in [0.15, 0.2) is 9.84 Å². The summed E-state index contributed by atoms with van der Waals surface area (Å²) in [5.41, 5.74) is 0.824. The smallest absolute Gasteiger partial charge is 0.253 e. The molecule has 0 spiro atoms. The lowest BCUT2D eigenvalue weighted by Gasteiger charge is -2.31. The fourth-order valence-electron chi connectivity index (χ4n) is 2.70. The maximum atomic E-state index is 12.5.